The fourth-order valence-electron chi connectivity index (χ4n) is 1.20. The van der Waals surface area contributed by atoms with Gasteiger partial charge in [-0.05, 0) is 12.8 Å². The number of carboxylic acid groups (broad SMARTS) is 1. The van der Waals surface area contributed by atoms with Crippen LogP contribution in [0.3, 0.4) is 0 Å². The summed E-state index contributed by atoms with van der Waals surface area (Å²) in [5, 5.41) is 8.73. The van der Waals surface area contributed by atoms with Gasteiger partial charge in [-0.1, -0.05) is 0 Å². The van der Waals surface area contributed by atoms with Crippen molar-refractivity contribution in [2.24, 2.45) is 0 Å². The first-order valence-electron chi connectivity index (χ1n) is 4.37. The average molecular weight is 221 g/mol. The van der Waals surface area contributed by atoms with E-state index >= 15 is 0 Å². The van der Waals surface area contributed by atoms with Crippen LogP contribution in [0, 0.1) is 0 Å². The maximum atomic E-state index is 11.1. The van der Waals surface area contributed by atoms with Crippen molar-refractivity contribution in [3.63, 3.8) is 0 Å². The van der Waals surface area contributed by atoms with Crippen LogP contribution in [0.15, 0.2) is 0 Å². The molecule has 0 aromatic carbocycles. The van der Waals surface area contributed by atoms with Gasteiger partial charge in [-0.25, -0.2) is 9.00 Å². The molecule has 1 amide bonds. The molecule has 14 heavy (non-hydrogen) atoms. The predicted molar refractivity (Wildman–Crippen MR) is 46.7 cm³/mol. The van der Waals surface area contributed by atoms with Crippen molar-refractivity contribution in [1.29, 1.82) is 0 Å². The molecule has 2 aliphatic rings. The third-order valence-electron chi connectivity index (χ3n) is 2.09. The summed E-state index contributed by atoms with van der Waals surface area (Å²) in [6.45, 7) is 0.411. The van der Waals surface area contributed by atoms with Gasteiger partial charge in [-0.15, -0.1) is 0 Å². The lowest BCUT2D eigenvalue weighted by molar-refractivity contribution is 0.0745. The fourth-order valence-corrected chi connectivity index (χ4v) is 2.08. The van der Waals surface area contributed by atoms with E-state index in [1.54, 1.807) is 0 Å². The van der Waals surface area contributed by atoms with Crippen molar-refractivity contribution >= 4 is 17.4 Å². The van der Waals surface area contributed by atoms with Crippen molar-refractivity contribution in [1.82, 2.24) is 4.31 Å². The molecule has 2 atom stereocenters. The van der Waals surface area contributed by atoms with Gasteiger partial charge in [-0.3, -0.25) is 4.18 Å². The fraction of sp³-hybridized carbons (Fsp3) is 0.857. The number of hydrogen-bond acceptors (Lipinski definition) is 4. The molecular formula is C7H11NO5S. The molecule has 1 saturated heterocycles. The molecule has 0 bridgehead atoms. The first-order valence-corrected chi connectivity index (χ1v) is 5.40. The lowest BCUT2D eigenvalue weighted by atomic mass is 10.3. The van der Waals surface area contributed by atoms with E-state index in [-0.39, 0.29) is 19.3 Å². The van der Waals surface area contributed by atoms with Gasteiger partial charge >= 0.3 is 6.09 Å². The van der Waals surface area contributed by atoms with Gasteiger partial charge in [0.25, 0.3) is 11.3 Å². The number of amides is 1. The number of hydrogen-bond donors (Lipinski definition) is 1. The van der Waals surface area contributed by atoms with Crippen LogP contribution < -0.4 is 0 Å². The Morgan fingerprint density at radius 2 is 2.36 bits per heavy atom. The Bertz CT molecular complexity index is 267. The zero-order chi connectivity index (χ0) is 10.1. The second-order valence-electron chi connectivity index (χ2n) is 3.30. The average Bonchev–Trinajstić information content (AvgIpc) is 2.86. The highest BCUT2D eigenvalue weighted by Gasteiger charge is 2.38. The quantitative estimate of drug-likeness (QED) is 0.732. The highest BCUT2D eigenvalue weighted by atomic mass is 32.2. The van der Waals surface area contributed by atoms with Crippen molar-refractivity contribution in [2.45, 2.75) is 25.0 Å². The summed E-state index contributed by atoms with van der Waals surface area (Å²) in [5.74, 6) is 0. The molecule has 1 unspecified atom stereocenters. The minimum atomic E-state index is -1.86. The van der Waals surface area contributed by atoms with Gasteiger partial charge in [0.05, 0.1) is 25.4 Å². The van der Waals surface area contributed by atoms with E-state index in [4.69, 9.17) is 14.0 Å². The number of ether oxygens (including phenoxy) is 1. The van der Waals surface area contributed by atoms with Crippen molar-refractivity contribution < 1.29 is 23.0 Å². The topological polar surface area (TPSA) is 76.1 Å². The van der Waals surface area contributed by atoms with Gasteiger partial charge in [-0.2, -0.15) is 4.31 Å². The van der Waals surface area contributed by atoms with Gasteiger partial charge < -0.3 is 9.84 Å². The molecule has 1 heterocycles. The van der Waals surface area contributed by atoms with Gasteiger partial charge in [0.2, 0.25) is 0 Å². The Morgan fingerprint density at radius 3 is 2.93 bits per heavy atom. The van der Waals surface area contributed by atoms with Gasteiger partial charge in [0.1, 0.15) is 0 Å². The van der Waals surface area contributed by atoms with Crippen LogP contribution in [0.4, 0.5) is 4.79 Å². The van der Waals surface area contributed by atoms with Crippen LogP contribution in [0.5, 0.6) is 0 Å². The molecule has 80 valence electrons. The Hall–Kier alpha value is -0.660. The molecule has 2 fully saturated rings. The second kappa shape index (κ2) is 3.84. The Kier molecular flexibility index (Phi) is 2.71. The minimum absolute atomic E-state index is 0.144. The van der Waals surface area contributed by atoms with Crippen LogP contribution in [0.2, 0.25) is 0 Å². The SMILES string of the molecule is O=C(O)N1[C@@H](COC2CC2)COS1=O. The van der Waals surface area contributed by atoms with Crippen LogP contribution in [-0.4, -0.2) is 45.1 Å². The van der Waals surface area contributed by atoms with E-state index in [1.807, 2.05) is 0 Å². The molecule has 1 N–H and O–H groups in total. The Balaban J connectivity index is 1.88. The Labute approximate surface area is 83.6 Å². The second-order valence-corrected chi connectivity index (χ2v) is 4.36. The predicted octanol–water partition coefficient (Wildman–Crippen LogP) is 0.123. The monoisotopic (exact) mass is 221 g/mol. The van der Waals surface area contributed by atoms with Crippen LogP contribution in [0.1, 0.15) is 12.8 Å². The number of rotatable bonds is 3. The third-order valence-corrected chi connectivity index (χ3v) is 3.20. The molecule has 0 aromatic heterocycles. The summed E-state index contributed by atoms with van der Waals surface area (Å²) in [6.07, 6.45) is 1.10. The Morgan fingerprint density at radius 1 is 1.64 bits per heavy atom. The van der Waals surface area contributed by atoms with Crippen molar-refractivity contribution in [3.8, 4) is 0 Å². The van der Waals surface area contributed by atoms with E-state index in [9.17, 15) is 9.00 Å². The first kappa shape index (κ1) is 9.88. The molecule has 2 rings (SSSR count). The van der Waals surface area contributed by atoms with Crippen molar-refractivity contribution in [2.75, 3.05) is 13.2 Å². The van der Waals surface area contributed by atoms with E-state index in [1.165, 1.54) is 0 Å². The summed E-state index contributed by atoms with van der Waals surface area (Å²) in [4.78, 5) is 10.7. The maximum Gasteiger partial charge on any atom is 0.421 e. The van der Waals surface area contributed by atoms with E-state index in [0.717, 1.165) is 17.1 Å². The van der Waals surface area contributed by atoms with E-state index in [2.05, 4.69) is 0 Å². The summed E-state index contributed by atoms with van der Waals surface area (Å²) in [5.41, 5.74) is 0. The summed E-state index contributed by atoms with van der Waals surface area (Å²) in [6, 6.07) is -0.436. The largest absolute Gasteiger partial charge is 0.464 e. The zero-order valence-electron chi connectivity index (χ0n) is 7.42. The van der Waals surface area contributed by atoms with Gasteiger partial charge in [0, 0.05) is 0 Å². The number of nitrogens with zero attached hydrogens (tertiary/aromatic N) is 1. The molecular weight excluding hydrogens is 210 g/mol. The summed E-state index contributed by atoms with van der Waals surface area (Å²) in [7, 11) is 0. The molecule has 1 aliphatic carbocycles. The standard InChI is InChI=1S/C7H11NO5S/c9-7(10)8-5(4-13-14(8)11)3-12-6-1-2-6/h5-6H,1-4H2,(H,9,10)/t5-,14?/m0/s1. The van der Waals surface area contributed by atoms with Crippen molar-refractivity contribution in [3.05, 3.63) is 0 Å². The maximum absolute atomic E-state index is 11.1. The van der Waals surface area contributed by atoms with Gasteiger partial charge in [0.15, 0.2) is 0 Å². The highest BCUT2D eigenvalue weighted by Crippen LogP contribution is 2.25. The lowest BCUT2D eigenvalue weighted by Gasteiger charge is -2.16. The first-order chi connectivity index (χ1) is 6.68. The molecule has 1 saturated carbocycles. The summed E-state index contributed by atoms with van der Waals surface area (Å²) >= 11 is -1.86. The number of carbonyl (C=O) groups is 1. The van der Waals surface area contributed by atoms with Crippen LogP contribution in [0.25, 0.3) is 0 Å². The molecule has 0 spiro atoms. The molecule has 0 aromatic rings. The smallest absolute Gasteiger partial charge is 0.421 e. The minimum Gasteiger partial charge on any atom is -0.464 e. The molecule has 1 aliphatic heterocycles. The molecule has 6 nitrogen and oxygen atoms in total. The zero-order valence-corrected chi connectivity index (χ0v) is 8.24. The molecule has 0 radical (unpaired) electrons. The molecule has 7 heteroatoms. The van der Waals surface area contributed by atoms with Crippen LogP contribution in [-0.2, 0) is 20.2 Å². The highest BCUT2D eigenvalue weighted by molar-refractivity contribution is 7.78. The lowest BCUT2D eigenvalue weighted by Crippen LogP contribution is -2.39. The normalized spacial score (nSPS) is 32.1. The van der Waals surface area contributed by atoms with E-state index in [0.29, 0.717) is 0 Å². The third kappa shape index (κ3) is 2.05. The van der Waals surface area contributed by atoms with E-state index < -0.39 is 23.4 Å². The van der Waals surface area contributed by atoms with Crippen LogP contribution >= 0.6 is 0 Å². The summed E-state index contributed by atoms with van der Waals surface area (Å²) < 4.78 is 21.9.